The number of ether oxygens (including phenoxy) is 1. The number of Topliss-reactive ketones (excluding diaryl/α,β-unsaturated/α-hetero) is 1. The lowest BCUT2D eigenvalue weighted by Gasteiger charge is -2.06. The quantitative estimate of drug-likeness (QED) is 0.481. The highest BCUT2D eigenvalue weighted by Gasteiger charge is 2.27. The maximum atomic E-state index is 11.6. The van der Waals surface area contributed by atoms with Gasteiger partial charge in [-0.05, 0) is 19.3 Å². The molecule has 0 amide bonds. The van der Waals surface area contributed by atoms with Crippen LogP contribution in [0.15, 0.2) is 0 Å². The van der Waals surface area contributed by atoms with Crippen LogP contribution in [-0.4, -0.2) is 30.5 Å². The van der Waals surface area contributed by atoms with Gasteiger partial charge in [0.05, 0.1) is 0 Å². The fourth-order valence-electron chi connectivity index (χ4n) is 1.10. The fourth-order valence-corrected chi connectivity index (χ4v) is 1.38. The summed E-state index contributed by atoms with van der Waals surface area (Å²) in [6, 6.07) is 0. The van der Waals surface area contributed by atoms with Gasteiger partial charge < -0.3 is 4.74 Å². The maximum Gasteiger partial charge on any atom is 0.411 e. The van der Waals surface area contributed by atoms with Gasteiger partial charge in [-0.2, -0.15) is 13.2 Å². The summed E-state index contributed by atoms with van der Waals surface area (Å²) in [7, 11) is 0. The molecule has 0 N–H and O–H groups in total. The van der Waals surface area contributed by atoms with E-state index < -0.39 is 12.8 Å². The fraction of sp³-hybridized carbons (Fsp3) is 0.900. The molecule has 16 heavy (non-hydrogen) atoms. The van der Waals surface area contributed by atoms with Gasteiger partial charge in [0.2, 0.25) is 0 Å². The van der Waals surface area contributed by atoms with Gasteiger partial charge in [-0.25, -0.2) is 0 Å². The van der Waals surface area contributed by atoms with Crippen molar-refractivity contribution < 1.29 is 22.7 Å². The molecule has 96 valence electrons. The Morgan fingerprint density at radius 3 is 2.31 bits per heavy atom. The monoisotopic (exact) mass is 304 g/mol. The Morgan fingerprint density at radius 1 is 1.12 bits per heavy atom. The highest BCUT2D eigenvalue weighted by atomic mass is 79.9. The molecular formula is C10H16BrF3O2. The van der Waals surface area contributed by atoms with Crippen molar-refractivity contribution in [3.05, 3.63) is 0 Å². The molecule has 0 saturated heterocycles. The zero-order valence-corrected chi connectivity index (χ0v) is 10.6. The molecular weight excluding hydrogens is 289 g/mol. The first kappa shape index (κ1) is 15.9. The van der Waals surface area contributed by atoms with Crippen molar-refractivity contribution in [2.45, 2.75) is 38.3 Å². The van der Waals surface area contributed by atoms with Crippen molar-refractivity contribution in [2.75, 3.05) is 18.5 Å². The number of unbranched alkanes of at least 4 members (excludes halogenated alkanes) is 1. The lowest BCUT2D eigenvalue weighted by atomic mass is 10.1. The van der Waals surface area contributed by atoms with E-state index >= 15 is 0 Å². The summed E-state index contributed by atoms with van der Waals surface area (Å²) in [6.45, 7) is -1.14. The molecule has 0 aromatic rings. The Hall–Kier alpha value is -0.100. The molecule has 6 heteroatoms. The molecule has 0 saturated carbocycles. The third-order valence-electron chi connectivity index (χ3n) is 1.85. The minimum absolute atomic E-state index is 0.0607. The average molecular weight is 305 g/mol. The second-order valence-corrected chi connectivity index (χ2v) is 4.25. The van der Waals surface area contributed by atoms with E-state index in [1.807, 2.05) is 0 Å². The molecule has 0 aliphatic carbocycles. The topological polar surface area (TPSA) is 26.3 Å². The number of carbonyl (C=O) groups excluding carboxylic acids is 1. The van der Waals surface area contributed by atoms with Crippen LogP contribution in [-0.2, 0) is 9.53 Å². The number of hydrogen-bond acceptors (Lipinski definition) is 2. The number of hydrogen-bond donors (Lipinski definition) is 0. The molecule has 0 aromatic carbocycles. The van der Waals surface area contributed by atoms with E-state index in [9.17, 15) is 18.0 Å². The second kappa shape index (κ2) is 8.98. The maximum absolute atomic E-state index is 11.6. The number of ketones is 1. The lowest BCUT2D eigenvalue weighted by Crippen LogP contribution is -2.17. The molecule has 0 fully saturated rings. The van der Waals surface area contributed by atoms with Crippen LogP contribution in [0.2, 0.25) is 0 Å². The number of halogens is 4. The molecule has 2 nitrogen and oxygen atoms in total. The zero-order chi connectivity index (χ0) is 12.4. The van der Waals surface area contributed by atoms with Crippen LogP contribution in [0.4, 0.5) is 13.2 Å². The zero-order valence-electron chi connectivity index (χ0n) is 8.99. The standard InChI is InChI=1S/C10H16BrF3O2/c11-6-3-5-9(15)4-1-2-7-16-8-10(12,13)14/h1-8H2. The first-order valence-corrected chi connectivity index (χ1v) is 6.30. The van der Waals surface area contributed by atoms with Crippen LogP contribution >= 0.6 is 15.9 Å². The van der Waals surface area contributed by atoms with Crippen molar-refractivity contribution in [2.24, 2.45) is 0 Å². The second-order valence-electron chi connectivity index (χ2n) is 3.46. The third-order valence-corrected chi connectivity index (χ3v) is 2.41. The summed E-state index contributed by atoms with van der Waals surface area (Å²) in [5, 5.41) is 0.799. The molecule has 0 radical (unpaired) electrons. The normalized spacial score (nSPS) is 11.8. The highest BCUT2D eigenvalue weighted by molar-refractivity contribution is 9.09. The largest absolute Gasteiger partial charge is 0.411 e. The highest BCUT2D eigenvalue weighted by Crippen LogP contribution is 2.14. The van der Waals surface area contributed by atoms with Crippen LogP contribution in [0.3, 0.4) is 0 Å². The van der Waals surface area contributed by atoms with E-state index in [1.54, 1.807) is 0 Å². The van der Waals surface area contributed by atoms with Crippen molar-refractivity contribution in [1.82, 2.24) is 0 Å². The predicted molar refractivity (Wildman–Crippen MR) is 58.8 cm³/mol. The number of alkyl halides is 4. The van der Waals surface area contributed by atoms with Crippen LogP contribution in [0.1, 0.15) is 32.1 Å². The van der Waals surface area contributed by atoms with Gasteiger partial charge >= 0.3 is 6.18 Å². The van der Waals surface area contributed by atoms with E-state index in [0.717, 1.165) is 11.8 Å². The first-order valence-electron chi connectivity index (χ1n) is 5.18. The van der Waals surface area contributed by atoms with Gasteiger partial charge in [-0.3, -0.25) is 4.79 Å². The van der Waals surface area contributed by atoms with Crippen LogP contribution in [0.25, 0.3) is 0 Å². The minimum Gasteiger partial charge on any atom is -0.372 e. The predicted octanol–water partition coefficient (Wildman–Crippen LogP) is 3.48. The van der Waals surface area contributed by atoms with Crippen molar-refractivity contribution in [3.8, 4) is 0 Å². The van der Waals surface area contributed by atoms with Crippen LogP contribution in [0.5, 0.6) is 0 Å². The molecule has 0 aliphatic heterocycles. The van der Waals surface area contributed by atoms with E-state index in [1.165, 1.54) is 0 Å². The Labute approximate surface area is 102 Å². The van der Waals surface area contributed by atoms with Gasteiger partial charge in [0.25, 0.3) is 0 Å². The Morgan fingerprint density at radius 2 is 1.75 bits per heavy atom. The number of carbonyl (C=O) groups is 1. The Balaban J connectivity index is 3.24. The summed E-state index contributed by atoms with van der Waals surface area (Å²) in [4.78, 5) is 11.2. The molecule has 0 atom stereocenters. The number of rotatable bonds is 9. The van der Waals surface area contributed by atoms with Crippen LogP contribution in [0, 0.1) is 0 Å². The van der Waals surface area contributed by atoms with Crippen LogP contribution < -0.4 is 0 Å². The van der Waals surface area contributed by atoms with Gasteiger partial charge in [0, 0.05) is 24.8 Å². The van der Waals surface area contributed by atoms with Crippen molar-refractivity contribution in [3.63, 3.8) is 0 Å². The van der Waals surface area contributed by atoms with Gasteiger partial charge in [-0.15, -0.1) is 0 Å². The summed E-state index contributed by atoms with van der Waals surface area (Å²) < 4.78 is 39.4. The first-order chi connectivity index (χ1) is 7.45. The molecule has 0 rings (SSSR count). The Bertz CT molecular complexity index is 195. The van der Waals surface area contributed by atoms with E-state index in [0.29, 0.717) is 25.7 Å². The van der Waals surface area contributed by atoms with Gasteiger partial charge in [0.1, 0.15) is 12.4 Å². The average Bonchev–Trinajstić information content (AvgIpc) is 2.18. The minimum atomic E-state index is -4.26. The van der Waals surface area contributed by atoms with Gasteiger partial charge in [-0.1, -0.05) is 15.9 Å². The smallest absolute Gasteiger partial charge is 0.372 e. The third kappa shape index (κ3) is 12.0. The molecule has 0 spiro atoms. The van der Waals surface area contributed by atoms with E-state index in [-0.39, 0.29) is 12.4 Å². The molecule has 0 aromatic heterocycles. The SMILES string of the molecule is O=C(CCCBr)CCCCOCC(F)(F)F. The molecule has 0 bridgehead atoms. The van der Waals surface area contributed by atoms with Crippen molar-refractivity contribution in [1.29, 1.82) is 0 Å². The van der Waals surface area contributed by atoms with Gasteiger partial charge in [0.15, 0.2) is 0 Å². The van der Waals surface area contributed by atoms with Crippen molar-refractivity contribution >= 4 is 21.7 Å². The summed E-state index contributed by atoms with van der Waals surface area (Å²) in [5.74, 6) is 0.162. The summed E-state index contributed by atoms with van der Waals surface area (Å²) in [5.41, 5.74) is 0. The molecule has 0 aliphatic rings. The summed E-state index contributed by atoms with van der Waals surface area (Å²) >= 11 is 3.22. The Kier molecular flexibility index (Phi) is 8.93. The molecule has 0 heterocycles. The van der Waals surface area contributed by atoms with E-state index in [4.69, 9.17) is 0 Å². The van der Waals surface area contributed by atoms with E-state index in [2.05, 4.69) is 20.7 Å². The lowest BCUT2D eigenvalue weighted by molar-refractivity contribution is -0.174. The molecule has 0 unspecified atom stereocenters. The summed E-state index contributed by atoms with van der Waals surface area (Å²) in [6.07, 6.45) is -1.39.